The second-order valence-corrected chi connectivity index (χ2v) is 10.5. The summed E-state index contributed by atoms with van der Waals surface area (Å²) in [5, 5.41) is 0. The van der Waals surface area contributed by atoms with E-state index in [2.05, 4.69) is 24.2 Å². The number of rotatable bonds is 8. The number of hydrogen-bond donors (Lipinski definition) is 0. The van der Waals surface area contributed by atoms with Crippen LogP contribution in [0.5, 0.6) is 0 Å². The summed E-state index contributed by atoms with van der Waals surface area (Å²) in [6.07, 6.45) is 1.47. The van der Waals surface area contributed by atoms with Crippen LogP contribution in [0, 0.1) is 18.8 Å². The van der Waals surface area contributed by atoms with Crippen LogP contribution in [0.4, 0.5) is 0 Å². The smallest absolute Gasteiger partial charge is 0.218 e. The minimum atomic E-state index is -3.97. The molecular formula is C23H25NO4S2. The minimum Gasteiger partial charge on any atom is -0.218 e. The first-order valence-corrected chi connectivity index (χ1v) is 12.4. The van der Waals surface area contributed by atoms with Gasteiger partial charge in [-0.25, -0.2) is 16.8 Å². The summed E-state index contributed by atoms with van der Waals surface area (Å²) >= 11 is 0. The van der Waals surface area contributed by atoms with Crippen molar-refractivity contribution in [2.75, 3.05) is 13.1 Å². The van der Waals surface area contributed by atoms with Crippen LogP contribution < -0.4 is 0 Å². The lowest BCUT2D eigenvalue weighted by atomic mass is 10.2. The van der Waals surface area contributed by atoms with E-state index in [-0.39, 0.29) is 21.2 Å². The molecule has 158 valence electrons. The van der Waals surface area contributed by atoms with Gasteiger partial charge in [-0.1, -0.05) is 55.3 Å². The Bertz CT molecular complexity index is 1180. The standard InChI is InChI=1S/C23H25NO4S2/c1-4-6-7-11-18-24(30(27,28)23-16-14-20(3)15-17-23)19-21(5-2)29(25,26)22-12-9-8-10-13-22/h8-10,12-17H,2,4,6,18-19H2,1,3H3. The third kappa shape index (κ3) is 5.71. The van der Waals surface area contributed by atoms with E-state index in [1.54, 1.807) is 30.3 Å². The normalized spacial score (nSPS) is 11.4. The summed E-state index contributed by atoms with van der Waals surface area (Å²) in [5.41, 5.74) is 3.35. The molecule has 0 saturated heterocycles. The summed E-state index contributed by atoms with van der Waals surface area (Å²) in [5.74, 6) is 5.74. The summed E-state index contributed by atoms with van der Waals surface area (Å²) in [6.45, 7) is 6.77. The molecule has 0 unspecified atom stereocenters. The largest absolute Gasteiger partial charge is 0.244 e. The molecular weight excluding hydrogens is 418 g/mol. The van der Waals surface area contributed by atoms with Gasteiger partial charge in [-0.05, 0) is 37.6 Å². The van der Waals surface area contributed by atoms with Gasteiger partial charge in [0.15, 0.2) is 0 Å². The number of hydrogen-bond acceptors (Lipinski definition) is 4. The van der Waals surface area contributed by atoms with Gasteiger partial charge < -0.3 is 0 Å². The van der Waals surface area contributed by atoms with Crippen LogP contribution in [-0.2, 0) is 19.9 Å². The molecule has 0 bridgehead atoms. The molecule has 0 amide bonds. The lowest BCUT2D eigenvalue weighted by Crippen LogP contribution is -2.34. The topological polar surface area (TPSA) is 71.5 Å². The van der Waals surface area contributed by atoms with E-state index >= 15 is 0 Å². The molecule has 0 aliphatic rings. The molecule has 0 aromatic heterocycles. The van der Waals surface area contributed by atoms with E-state index in [1.807, 2.05) is 13.8 Å². The molecule has 0 aliphatic carbocycles. The zero-order valence-electron chi connectivity index (χ0n) is 17.1. The average Bonchev–Trinajstić information content (AvgIpc) is 2.74. The summed E-state index contributed by atoms with van der Waals surface area (Å²) in [7, 11) is -7.92. The number of benzene rings is 2. The molecule has 0 saturated carbocycles. The molecule has 0 fully saturated rings. The van der Waals surface area contributed by atoms with E-state index in [0.717, 1.165) is 16.3 Å². The van der Waals surface area contributed by atoms with Crippen molar-refractivity contribution in [2.45, 2.75) is 36.5 Å². The van der Waals surface area contributed by atoms with Crippen molar-refractivity contribution in [3.05, 3.63) is 77.4 Å². The van der Waals surface area contributed by atoms with E-state index < -0.39 is 26.4 Å². The van der Waals surface area contributed by atoms with Crippen LogP contribution in [0.3, 0.4) is 0 Å². The number of nitrogens with zero attached hydrogens (tertiary/aromatic N) is 1. The minimum absolute atomic E-state index is 0.0564. The Morgan fingerprint density at radius 2 is 1.57 bits per heavy atom. The van der Waals surface area contributed by atoms with E-state index in [1.165, 1.54) is 24.3 Å². The Labute approximate surface area is 179 Å². The predicted octanol–water partition coefficient (Wildman–Crippen LogP) is 3.93. The van der Waals surface area contributed by atoms with Crippen molar-refractivity contribution in [3.63, 3.8) is 0 Å². The van der Waals surface area contributed by atoms with Crippen molar-refractivity contribution >= 4 is 19.9 Å². The van der Waals surface area contributed by atoms with Crippen LogP contribution in [0.25, 0.3) is 0 Å². The highest BCUT2D eigenvalue weighted by Crippen LogP contribution is 2.23. The van der Waals surface area contributed by atoms with Crippen LogP contribution in [0.2, 0.25) is 0 Å². The molecule has 0 heterocycles. The SMILES string of the molecule is C=C=C(CN(CC#CCCC)S(=O)(=O)c1ccc(C)cc1)S(=O)(=O)c1ccccc1. The van der Waals surface area contributed by atoms with Gasteiger partial charge in [-0.15, -0.1) is 11.7 Å². The van der Waals surface area contributed by atoms with Gasteiger partial charge in [0.2, 0.25) is 19.9 Å². The number of aryl methyl sites for hydroxylation is 1. The number of sulfonamides is 1. The third-order valence-corrected chi connectivity index (χ3v) is 7.93. The molecule has 7 heteroatoms. The van der Waals surface area contributed by atoms with Gasteiger partial charge >= 0.3 is 0 Å². The van der Waals surface area contributed by atoms with Crippen LogP contribution in [0.15, 0.2) is 81.6 Å². The Balaban J connectivity index is 2.45. The van der Waals surface area contributed by atoms with Gasteiger partial charge in [-0.2, -0.15) is 4.31 Å². The molecule has 2 aromatic carbocycles. The number of sulfone groups is 1. The lowest BCUT2D eigenvalue weighted by Gasteiger charge is -2.21. The predicted molar refractivity (Wildman–Crippen MR) is 119 cm³/mol. The maximum atomic E-state index is 13.2. The fraction of sp³-hybridized carbons (Fsp3) is 0.261. The summed E-state index contributed by atoms with van der Waals surface area (Å²) in [6, 6.07) is 14.2. The van der Waals surface area contributed by atoms with E-state index in [4.69, 9.17) is 0 Å². The Hall–Kier alpha value is -2.62. The number of unbranched alkanes of at least 4 members (excludes halogenated alkanes) is 1. The molecule has 30 heavy (non-hydrogen) atoms. The maximum Gasteiger partial charge on any atom is 0.244 e. The maximum absolute atomic E-state index is 13.2. The fourth-order valence-corrected chi connectivity index (χ4v) is 5.29. The molecule has 5 nitrogen and oxygen atoms in total. The highest BCUT2D eigenvalue weighted by molar-refractivity contribution is 7.95. The van der Waals surface area contributed by atoms with Gasteiger partial charge in [0.05, 0.1) is 22.9 Å². The first-order chi connectivity index (χ1) is 14.2. The van der Waals surface area contributed by atoms with Gasteiger partial charge in [0.25, 0.3) is 0 Å². The highest BCUT2D eigenvalue weighted by atomic mass is 32.2. The van der Waals surface area contributed by atoms with Crippen molar-refractivity contribution in [1.82, 2.24) is 4.31 Å². The van der Waals surface area contributed by atoms with Crippen molar-refractivity contribution in [1.29, 1.82) is 0 Å². The fourth-order valence-electron chi connectivity index (χ4n) is 2.58. The summed E-state index contributed by atoms with van der Waals surface area (Å²) in [4.78, 5) is -0.0894. The monoisotopic (exact) mass is 443 g/mol. The van der Waals surface area contributed by atoms with E-state index in [9.17, 15) is 16.8 Å². The van der Waals surface area contributed by atoms with E-state index in [0.29, 0.717) is 6.42 Å². The molecule has 0 atom stereocenters. The first-order valence-electron chi connectivity index (χ1n) is 9.45. The molecule has 0 aliphatic heterocycles. The van der Waals surface area contributed by atoms with Gasteiger partial charge in [0, 0.05) is 6.42 Å². The summed E-state index contributed by atoms with van der Waals surface area (Å²) < 4.78 is 53.5. The Morgan fingerprint density at radius 3 is 2.13 bits per heavy atom. The quantitative estimate of drug-likeness (QED) is 0.458. The Morgan fingerprint density at radius 1 is 0.933 bits per heavy atom. The lowest BCUT2D eigenvalue weighted by molar-refractivity contribution is 0.474. The third-order valence-electron chi connectivity index (χ3n) is 4.31. The van der Waals surface area contributed by atoms with Crippen molar-refractivity contribution < 1.29 is 16.8 Å². The zero-order valence-corrected chi connectivity index (χ0v) is 18.8. The Kier molecular flexibility index (Phi) is 8.22. The molecule has 2 rings (SSSR count). The molecule has 0 N–H and O–H groups in total. The molecule has 0 spiro atoms. The second kappa shape index (κ2) is 10.4. The van der Waals surface area contributed by atoms with Crippen LogP contribution >= 0.6 is 0 Å². The molecule has 0 radical (unpaired) electrons. The van der Waals surface area contributed by atoms with Crippen LogP contribution in [0.1, 0.15) is 25.3 Å². The first kappa shape index (κ1) is 23.7. The average molecular weight is 444 g/mol. The second-order valence-electron chi connectivity index (χ2n) is 6.61. The van der Waals surface area contributed by atoms with Gasteiger partial charge in [-0.3, -0.25) is 0 Å². The van der Waals surface area contributed by atoms with Crippen molar-refractivity contribution in [2.24, 2.45) is 0 Å². The zero-order chi connectivity index (χ0) is 22.2. The molecule has 2 aromatic rings. The van der Waals surface area contributed by atoms with Crippen LogP contribution in [-0.4, -0.2) is 34.2 Å². The van der Waals surface area contributed by atoms with Gasteiger partial charge in [0.1, 0.15) is 4.91 Å². The van der Waals surface area contributed by atoms with Crippen molar-refractivity contribution in [3.8, 4) is 11.8 Å². The highest BCUT2D eigenvalue weighted by Gasteiger charge is 2.29.